The van der Waals surface area contributed by atoms with Crippen LogP contribution in [0.4, 0.5) is 8.78 Å². The number of amides is 1. The number of halogens is 2. The largest absolute Gasteiger partial charge is 0.330 e. The molecule has 2 N–H and O–H groups in total. The summed E-state index contributed by atoms with van der Waals surface area (Å²) in [7, 11) is 0. The average Bonchev–Trinajstić information content (AvgIpc) is 2.28. The molecule has 0 atom stereocenters. The Morgan fingerprint density at radius 1 is 1.50 bits per heavy atom. The molecule has 0 bridgehead atoms. The summed E-state index contributed by atoms with van der Waals surface area (Å²) in [6, 6.07) is 4.76. The van der Waals surface area contributed by atoms with Crippen molar-refractivity contribution in [2.24, 2.45) is 5.73 Å². The molecule has 0 aliphatic rings. The van der Waals surface area contributed by atoms with E-state index in [1.807, 2.05) is 0 Å². The van der Waals surface area contributed by atoms with E-state index in [0.29, 0.717) is 0 Å². The number of pyridine rings is 1. The molecular weight excluding hydrogens is 216 g/mol. The molecule has 0 saturated heterocycles. The van der Waals surface area contributed by atoms with Crippen LogP contribution in [-0.4, -0.2) is 41.9 Å². The Morgan fingerprint density at radius 2 is 2.25 bits per heavy atom. The van der Waals surface area contributed by atoms with E-state index < -0.39 is 18.9 Å². The second kappa shape index (κ2) is 6.12. The molecule has 0 aliphatic carbocycles. The Balaban J connectivity index is 2.74. The van der Waals surface area contributed by atoms with Crippen LogP contribution < -0.4 is 5.73 Å². The monoisotopic (exact) mass is 229 g/mol. The van der Waals surface area contributed by atoms with Gasteiger partial charge in [-0.3, -0.25) is 9.78 Å². The van der Waals surface area contributed by atoms with E-state index in [0.717, 1.165) is 4.90 Å². The van der Waals surface area contributed by atoms with Crippen molar-refractivity contribution >= 4 is 5.91 Å². The molecule has 0 spiro atoms. The molecule has 0 aliphatic heterocycles. The Kier molecular flexibility index (Phi) is 4.78. The van der Waals surface area contributed by atoms with Gasteiger partial charge in [0, 0.05) is 19.3 Å². The zero-order valence-corrected chi connectivity index (χ0v) is 8.64. The van der Waals surface area contributed by atoms with Gasteiger partial charge < -0.3 is 10.6 Å². The SMILES string of the molecule is NCCN(CC(F)F)C(=O)c1ccccn1. The molecule has 6 heteroatoms. The van der Waals surface area contributed by atoms with Crippen molar-refractivity contribution in [2.75, 3.05) is 19.6 Å². The van der Waals surface area contributed by atoms with Crippen LogP contribution in [0, 0.1) is 0 Å². The molecule has 0 unspecified atom stereocenters. The number of nitrogens with two attached hydrogens (primary N) is 1. The van der Waals surface area contributed by atoms with Gasteiger partial charge in [0.15, 0.2) is 0 Å². The lowest BCUT2D eigenvalue weighted by atomic mass is 10.3. The minimum absolute atomic E-state index is 0.0970. The van der Waals surface area contributed by atoms with Gasteiger partial charge in [-0.1, -0.05) is 6.07 Å². The predicted octanol–water partition coefficient (Wildman–Crippen LogP) is 0.748. The van der Waals surface area contributed by atoms with E-state index in [4.69, 9.17) is 5.73 Å². The summed E-state index contributed by atoms with van der Waals surface area (Å²) < 4.78 is 24.5. The molecule has 16 heavy (non-hydrogen) atoms. The Morgan fingerprint density at radius 3 is 2.75 bits per heavy atom. The highest BCUT2D eigenvalue weighted by atomic mass is 19.3. The Labute approximate surface area is 92.1 Å². The number of alkyl halides is 2. The molecule has 0 aromatic carbocycles. The van der Waals surface area contributed by atoms with Gasteiger partial charge in [-0.2, -0.15) is 0 Å². The maximum atomic E-state index is 12.2. The zero-order valence-electron chi connectivity index (χ0n) is 8.64. The predicted molar refractivity (Wildman–Crippen MR) is 55.2 cm³/mol. The topological polar surface area (TPSA) is 59.2 Å². The summed E-state index contributed by atoms with van der Waals surface area (Å²) in [5, 5.41) is 0. The van der Waals surface area contributed by atoms with E-state index in [-0.39, 0.29) is 18.8 Å². The van der Waals surface area contributed by atoms with E-state index >= 15 is 0 Å². The Hall–Kier alpha value is -1.56. The number of hydrogen-bond donors (Lipinski definition) is 1. The number of rotatable bonds is 5. The van der Waals surface area contributed by atoms with Crippen LogP contribution in [0.25, 0.3) is 0 Å². The van der Waals surface area contributed by atoms with E-state index in [9.17, 15) is 13.6 Å². The van der Waals surface area contributed by atoms with Crippen LogP contribution in [0.5, 0.6) is 0 Å². The van der Waals surface area contributed by atoms with E-state index in [2.05, 4.69) is 4.98 Å². The molecule has 88 valence electrons. The third-order valence-corrected chi connectivity index (χ3v) is 1.93. The fourth-order valence-corrected chi connectivity index (χ4v) is 1.25. The summed E-state index contributed by atoms with van der Waals surface area (Å²) in [5.74, 6) is -0.522. The molecule has 0 fully saturated rings. The van der Waals surface area contributed by atoms with Crippen LogP contribution in [0.2, 0.25) is 0 Å². The number of carbonyl (C=O) groups is 1. The Bertz CT molecular complexity index is 332. The molecule has 0 radical (unpaired) electrons. The second-order valence-electron chi connectivity index (χ2n) is 3.15. The van der Waals surface area contributed by atoms with E-state index in [1.165, 1.54) is 12.3 Å². The summed E-state index contributed by atoms with van der Waals surface area (Å²) in [4.78, 5) is 16.6. The van der Waals surface area contributed by atoms with Crippen LogP contribution in [0.15, 0.2) is 24.4 Å². The van der Waals surface area contributed by atoms with Crippen LogP contribution >= 0.6 is 0 Å². The molecule has 0 saturated carbocycles. The highest BCUT2D eigenvalue weighted by molar-refractivity contribution is 5.92. The molecular formula is C10H13F2N3O. The van der Waals surface area contributed by atoms with Gasteiger partial charge in [0.05, 0.1) is 6.54 Å². The highest BCUT2D eigenvalue weighted by Crippen LogP contribution is 2.04. The summed E-state index contributed by atoms with van der Waals surface area (Å²) in [5.41, 5.74) is 5.41. The van der Waals surface area contributed by atoms with Crippen molar-refractivity contribution in [1.82, 2.24) is 9.88 Å². The zero-order chi connectivity index (χ0) is 12.0. The molecule has 1 aromatic heterocycles. The fourth-order valence-electron chi connectivity index (χ4n) is 1.25. The van der Waals surface area contributed by atoms with Gasteiger partial charge in [0.25, 0.3) is 12.3 Å². The quantitative estimate of drug-likeness (QED) is 0.810. The van der Waals surface area contributed by atoms with Gasteiger partial charge in [0.2, 0.25) is 0 Å². The number of aromatic nitrogens is 1. The van der Waals surface area contributed by atoms with Crippen molar-refractivity contribution < 1.29 is 13.6 Å². The van der Waals surface area contributed by atoms with Gasteiger partial charge in [-0.05, 0) is 12.1 Å². The number of carbonyl (C=O) groups excluding carboxylic acids is 1. The lowest BCUT2D eigenvalue weighted by Crippen LogP contribution is -2.39. The normalized spacial score (nSPS) is 10.5. The maximum Gasteiger partial charge on any atom is 0.272 e. The molecule has 1 heterocycles. The minimum atomic E-state index is -2.57. The van der Waals surface area contributed by atoms with Crippen molar-refractivity contribution in [2.45, 2.75) is 6.43 Å². The lowest BCUT2D eigenvalue weighted by molar-refractivity contribution is 0.0558. The van der Waals surface area contributed by atoms with Crippen LogP contribution in [0.3, 0.4) is 0 Å². The molecule has 4 nitrogen and oxygen atoms in total. The molecule has 1 amide bonds. The van der Waals surface area contributed by atoms with Crippen LogP contribution in [-0.2, 0) is 0 Å². The standard InChI is InChI=1S/C10H13F2N3O/c11-9(12)7-15(6-4-13)10(16)8-3-1-2-5-14-8/h1-3,5,9H,4,6-7,13H2. The van der Waals surface area contributed by atoms with E-state index in [1.54, 1.807) is 12.1 Å². The third kappa shape index (κ3) is 3.54. The summed E-state index contributed by atoms with van der Waals surface area (Å²) in [6.45, 7) is -0.377. The van der Waals surface area contributed by atoms with Crippen molar-refractivity contribution in [1.29, 1.82) is 0 Å². The third-order valence-electron chi connectivity index (χ3n) is 1.93. The highest BCUT2D eigenvalue weighted by Gasteiger charge is 2.19. The average molecular weight is 229 g/mol. The summed E-state index contributed by atoms with van der Waals surface area (Å²) in [6.07, 6.45) is -1.13. The van der Waals surface area contributed by atoms with Crippen molar-refractivity contribution in [3.05, 3.63) is 30.1 Å². The van der Waals surface area contributed by atoms with Crippen molar-refractivity contribution in [3.63, 3.8) is 0 Å². The number of nitrogens with zero attached hydrogens (tertiary/aromatic N) is 2. The maximum absolute atomic E-state index is 12.2. The molecule has 1 rings (SSSR count). The van der Waals surface area contributed by atoms with Gasteiger partial charge in [0.1, 0.15) is 5.69 Å². The first kappa shape index (κ1) is 12.5. The van der Waals surface area contributed by atoms with Crippen LogP contribution in [0.1, 0.15) is 10.5 Å². The van der Waals surface area contributed by atoms with Gasteiger partial charge >= 0.3 is 0 Å². The smallest absolute Gasteiger partial charge is 0.272 e. The number of hydrogen-bond acceptors (Lipinski definition) is 3. The van der Waals surface area contributed by atoms with Crippen molar-refractivity contribution in [3.8, 4) is 0 Å². The van der Waals surface area contributed by atoms with Gasteiger partial charge in [-0.25, -0.2) is 8.78 Å². The minimum Gasteiger partial charge on any atom is -0.330 e. The summed E-state index contributed by atoms with van der Waals surface area (Å²) >= 11 is 0. The molecule has 1 aromatic rings. The van der Waals surface area contributed by atoms with Gasteiger partial charge in [-0.15, -0.1) is 0 Å². The first-order valence-electron chi connectivity index (χ1n) is 4.83. The first-order chi connectivity index (χ1) is 7.65. The fraction of sp³-hybridized carbons (Fsp3) is 0.400. The lowest BCUT2D eigenvalue weighted by Gasteiger charge is -2.20. The second-order valence-corrected chi connectivity index (χ2v) is 3.15. The first-order valence-corrected chi connectivity index (χ1v) is 4.83.